The fourth-order valence-corrected chi connectivity index (χ4v) is 5.02. The first kappa shape index (κ1) is 31.8. The lowest BCUT2D eigenvalue weighted by atomic mass is 10.1. The van der Waals surface area contributed by atoms with Crippen LogP contribution in [0.15, 0.2) is 90.7 Å². The monoisotopic (exact) mass is 625 g/mol. The molecule has 0 bridgehead atoms. The van der Waals surface area contributed by atoms with Crippen LogP contribution in [0.25, 0.3) is 6.08 Å². The fraction of sp³-hybridized carbons (Fsp3) is 0.226. The molecule has 0 saturated heterocycles. The van der Waals surface area contributed by atoms with Crippen molar-refractivity contribution in [2.24, 2.45) is 0 Å². The van der Waals surface area contributed by atoms with Crippen molar-refractivity contribution in [3.63, 3.8) is 0 Å². The molecule has 12 nitrogen and oxygen atoms in total. The van der Waals surface area contributed by atoms with Crippen molar-refractivity contribution in [3.8, 4) is 28.7 Å². The fourth-order valence-electron chi connectivity index (χ4n) is 3.79. The molecule has 13 heteroatoms. The van der Waals surface area contributed by atoms with Gasteiger partial charge in [-0.1, -0.05) is 36.4 Å². The number of benzene rings is 3. The molecule has 0 radical (unpaired) electrons. The van der Waals surface area contributed by atoms with E-state index in [0.29, 0.717) is 27.7 Å². The van der Waals surface area contributed by atoms with Gasteiger partial charge in [0.2, 0.25) is 5.75 Å². The van der Waals surface area contributed by atoms with Gasteiger partial charge in [0.05, 0.1) is 21.3 Å². The Labute approximate surface area is 254 Å². The standard InChI is InChI=1S/C31H32NO11P/c1-31(2,3)40-30(34)32-27(43-44(35,41-22-13-9-7-10-14-22)42-23-15-11-8-12-16-23)20-39-26(29(32)33)19-21-17-24(36-4)28(38-6)25(18-21)37-5/h7-20H,1-6H3/b26-19-. The minimum Gasteiger partial charge on any atom is -0.493 e. The van der Waals surface area contributed by atoms with Gasteiger partial charge in [-0.05, 0) is 68.8 Å². The van der Waals surface area contributed by atoms with Crippen LogP contribution in [0.4, 0.5) is 4.79 Å². The average Bonchev–Trinajstić information content (AvgIpc) is 2.98. The molecule has 0 atom stereocenters. The average molecular weight is 626 g/mol. The van der Waals surface area contributed by atoms with E-state index in [4.69, 9.17) is 37.3 Å². The first-order chi connectivity index (χ1) is 20.9. The van der Waals surface area contributed by atoms with E-state index in [9.17, 15) is 14.2 Å². The van der Waals surface area contributed by atoms with Crippen LogP contribution in [0, 0.1) is 0 Å². The van der Waals surface area contributed by atoms with E-state index in [0.717, 1.165) is 6.26 Å². The van der Waals surface area contributed by atoms with Crippen molar-refractivity contribution in [1.29, 1.82) is 0 Å². The molecular formula is C31H32NO11P. The summed E-state index contributed by atoms with van der Waals surface area (Å²) >= 11 is 0. The highest BCUT2D eigenvalue weighted by Crippen LogP contribution is 2.52. The normalized spacial score (nSPS) is 14.2. The smallest absolute Gasteiger partial charge is 0.493 e. The van der Waals surface area contributed by atoms with Crippen LogP contribution in [0.5, 0.6) is 28.7 Å². The Bertz CT molecular complexity index is 1530. The lowest BCUT2D eigenvalue weighted by molar-refractivity contribution is -0.130. The van der Waals surface area contributed by atoms with Crippen molar-refractivity contribution >= 4 is 25.9 Å². The molecule has 0 unspecified atom stereocenters. The highest BCUT2D eigenvalue weighted by atomic mass is 31.2. The van der Waals surface area contributed by atoms with E-state index in [1.54, 1.807) is 69.3 Å². The Kier molecular flexibility index (Phi) is 9.75. The number of ether oxygens (including phenoxy) is 5. The van der Waals surface area contributed by atoms with E-state index in [1.807, 2.05) is 0 Å². The Hall–Kier alpha value is -5.09. The summed E-state index contributed by atoms with van der Waals surface area (Å²) in [6, 6.07) is 19.4. The quantitative estimate of drug-likeness (QED) is 0.172. The number of amides is 2. The highest BCUT2D eigenvalue weighted by Gasteiger charge is 2.43. The number of para-hydroxylation sites is 2. The van der Waals surface area contributed by atoms with Gasteiger partial charge in [0.15, 0.2) is 23.5 Å². The zero-order valence-electron chi connectivity index (χ0n) is 25.0. The maximum absolute atomic E-state index is 14.0. The van der Waals surface area contributed by atoms with Crippen molar-refractivity contribution in [2.45, 2.75) is 26.4 Å². The third kappa shape index (κ3) is 7.84. The largest absolute Gasteiger partial charge is 0.648 e. The van der Waals surface area contributed by atoms with Gasteiger partial charge in [-0.2, -0.15) is 9.46 Å². The van der Waals surface area contributed by atoms with Crippen LogP contribution >= 0.6 is 7.82 Å². The van der Waals surface area contributed by atoms with E-state index in [2.05, 4.69) is 0 Å². The number of nitrogens with zero attached hydrogens (tertiary/aromatic N) is 1. The van der Waals surface area contributed by atoms with E-state index in [1.165, 1.54) is 51.7 Å². The molecule has 3 aromatic rings. The van der Waals surface area contributed by atoms with E-state index >= 15 is 0 Å². The molecular weight excluding hydrogens is 593 g/mol. The lowest BCUT2D eigenvalue weighted by Crippen LogP contribution is -2.43. The topological polar surface area (TPSA) is 128 Å². The Morgan fingerprint density at radius 3 is 1.80 bits per heavy atom. The minimum absolute atomic E-state index is 0.141. The van der Waals surface area contributed by atoms with Crippen molar-refractivity contribution in [3.05, 3.63) is 96.3 Å². The molecule has 1 heterocycles. The number of methoxy groups -OCH3 is 3. The highest BCUT2D eigenvalue weighted by molar-refractivity contribution is 7.49. The number of imide groups is 1. The summed E-state index contributed by atoms with van der Waals surface area (Å²) in [5, 5.41) is 0. The van der Waals surface area contributed by atoms with Crippen LogP contribution in [0.3, 0.4) is 0 Å². The maximum Gasteiger partial charge on any atom is 0.648 e. The van der Waals surface area contributed by atoms with Gasteiger partial charge in [-0.3, -0.25) is 4.79 Å². The number of phosphoric ester groups is 1. The van der Waals surface area contributed by atoms with Gasteiger partial charge in [-0.15, -0.1) is 0 Å². The molecule has 1 aliphatic heterocycles. The summed E-state index contributed by atoms with van der Waals surface area (Å²) in [6.07, 6.45) is 1.14. The maximum atomic E-state index is 14.0. The molecule has 232 valence electrons. The van der Waals surface area contributed by atoms with E-state index in [-0.39, 0.29) is 17.3 Å². The number of carbonyl (C=O) groups excluding carboxylic acids is 2. The molecule has 0 N–H and O–H groups in total. The zero-order valence-corrected chi connectivity index (χ0v) is 25.9. The molecule has 44 heavy (non-hydrogen) atoms. The molecule has 0 spiro atoms. The van der Waals surface area contributed by atoms with Crippen LogP contribution in [0.2, 0.25) is 0 Å². The van der Waals surface area contributed by atoms with Gasteiger partial charge >= 0.3 is 19.8 Å². The SMILES string of the molecule is COc1cc(/C=C2\OC=C(OP(=O)(Oc3ccccc3)Oc3ccccc3)N(C(=O)OC(C)(C)C)C2=O)cc(OC)c1OC. The number of carbonyl (C=O) groups is 2. The summed E-state index contributed by atoms with van der Waals surface area (Å²) in [7, 11) is -0.272. The van der Waals surface area contributed by atoms with Gasteiger partial charge in [-0.25, -0.2) is 4.79 Å². The zero-order chi connectivity index (χ0) is 31.9. The molecule has 2 amide bonds. The second kappa shape index (κ2) is 13.5. The Morgan fingerprint density at radius 2 is 1.34 bits per heavy atom. The van der Waals surface area contributed by atoms with Gasteiger partial charge < -0.3 is 37.3 Å². The summed E-state index contributed by atoms with van der Waals surface area (Å²) in [4.78, 5) is 27.7. The lowest BCUT2D eigenvalue weighted by Gasteiger charge is -2.30. The minimum atomic E-state index is -4.62. The first-order valence-electron chi connectivity index (χ1n) is 13.2. The Balaban J connectivity index is 1.76. The Morgan fingerprint density at radius 1 is 0.818 bits per heavy atom. The summed E-state index contributed by atoms with van der Waals surface area (Å²) in [6.45, 7) is 4.86. The third-order valence-electron chi connectivity index (χ3n) is 5.61. The predicted octanol–water partition coefficient (Wildman–Crippen LogP) is 6.93. The number of hydrogen-bond donors (Lipinski definition) is 0. The van der Waals surface area contributed by atoms with Crippen LogP contribution in [-0.2, 0) is 23.4 Å². The second-order valence-electron chi connectivity index (χ2n) is 10.0. The first-order valence-corrected chi connectivity index (χ1v) is 14.7. The van der Waals surface area contributed by atoms with Crippen LogP contribution < -0.4 is 23.3 Å². The van der Waals surface area contributed by atoms with Crippen molar-refractivity contribution in [2.75, 3.05) is 21.3 Å². The van der Waals surface area contributed by atoms with Crippen LogP contribution in [-0.4, -0.2) is 43.8 Å². The van der Waals surface area contributed by atoms with Crippen LogP contribution in [0.1, 0.15) is 26.3 Å². The number of hydrogen-bond acceptors (Lipinski definition) is 11. The molecule has 1 aliphatic rings. The molecule has 0 fully saturated rings. The number of rotatable bonds is 10. The summed E-state index contributed by atoms with van der Waals surface area (Å²) < 4.78 is 58.2. The number of phosphoric acid groups is 1. The van der Waals surface area contributed by atoms with Gasteiger partial charge in [0, 0.05) is 0 Å². The van der Waals surface area contributed by atoms with Gasteiger partial charge in [0.1, 0.15) is 17.1 Å². The second-order valence-corrected chi connectivity index (χ2v) is 11.5. The predicted molar refractivity (Wildman–Crippen MR) is 159 cm³/mol. The molecule has 0 aliphatic carbocycles. The summed E-state index contributed by atoms with van der Waals surface area (Å²) in [5.74, 6) is -0.626. The van der Waals surface area contributed by atoms with Crippen molar-refractivity contribution < 1.29 is 51.4 Å². The summed E-state index contributed by atoms with van der Waals surface area (Å²) in [5.41, 5.74) is -0.596. The van der Waals surface area contributed by atoms with Gasteiger partial charge in [0.25, 0.3) is 5.88 Å². The molecule has 0 aromatic heterocycles. The van der Waals surface area contributed by atoms with E-state index < -0.39 is 31.3 Å². The third-order valence-corrected chi connectivity index (χ3v) is 6.89. The van der Waals surface area contributed by atoms with Crippen molar-refractivity contribution in [1.82, 2.24) is 4.90 Å². The molecule has 0 saturated carbocycles. The molecule has 4 rings (SSSR count). The molecule has 3 aromatic carbocycles.